The van der Waals surface area contributed by atoms with E-state index in [1.165, 1.54) is 20.3 Å². The van der Waals surface area contributed by atoms with Gasteiger partial charge in [0.15, 0.2) is 0 Å². The molecule has 1 aromatic heterocycles. The Balaban J connectivity index is 2.05. The van der Waals surface area contributed by atoms with Gasteiger partial charge < -0.3 is 20.1 Å². The van der Waals surface area contributed by atoms with Gasteiger partial charge >= 0.3 is 5.69 Å². The number of benzene rings is 2. The number of anilines is 4. The van der Waals surface area contributed by atoms with Crippen LogP contribution in [0.3, 0.4) is 0 Å². The quantitative estimate of drug-likeness (QED) is 0.327. The van der Waals surface area contributed by atoms with Crippen molar-refractivity contribution in [2.24, 2.45) is 0 Å². The van der Waals surface area contributed by atoms with Crippen molar-refractivity contribution in [3.63, 3.8) is 0 Å². The molecule has 156 valence electrons. The largest absolute Gasteiger partial charge is 0.495 e. The monoisotopic (exact) mass is 469 g/mol. The second kappa shape index (κ2) is 9.21. The lowest BCUT2D eigenvalue weighted by Gasteiger charge is -2.14. The highest BCUT2D eigenvalue weighted by atomic mass is 35.5. The van der Waals surface area contributed by atoms with Gasteiger partial charge in [0, 0.05) is 6.07 Å². The number of halogens is 3. The standard InChI is InChI=1S/C18H14Cl3N5O4/c1-29-13-7-14(30-2)12(6-10(13)20)25-18-16(26(27)28)17(22-8-23-18)24-11-5-3-4-9(19)15(11)21/h3-8H,1-2H3,(H2,22,23,24,25). The molecule has 0 bridgehead atoms. The highest BCUT2D eigenvalue weighted by molar-refractivity contribution is 6.43. The Morgan fingerprint density at radius 3 is 2.17 bits per heavy atom. The summed E-state index contributed by atoms with van der Waals surface area (Å²) in [6.07, 6.45) is 1.16. The summed E-state index contributed by atoms with van der Waals surface area (Å²) in [4.78, 5) is 19.1. The average molecular weight is 471 g/mol. The van der Waals surface area contributed by atoms with Gasteiger partial charge in [-0.3, -0.25) is 10.1 Å². The van der Waals surface area contributed by atoms with Crippen LogP contribution in [0, 0.1) is 10.1 Å². The Morgan fingerprint density at radius 1 is 0.933 bits per heavy atom. The van der Waals surface area contributed by atoms with E-state index in [0.29, 0.717) is 22.9 Å². The zero-order valence-electron chi connectivity index (χ0n) is 15.6. The Labute approximate surface area is 186 Å². The molecule has 3 aromatic rings. The van der Waals surface area contributed by atoms with Gasteiger partial charge in [0.1, 0.15) is 17.8 Å². The molecule has 0 fully saturated rings. The van der Waals surface area contributed by atoms with E-state index in [1.807, 2.05) is 0 Å². The Bertz CT molecular complexity index is 1110. The molecule has 0 saturated heterocycles. The fourth-order valence-electron chi connectivity index (χ4n) is 2.55. The first kappa shape index (κ1) is 21.7. The molecular weight excluding hydrogens is 457 g/mol. The maximum atomic E-state index is 11.8. The van der Waals surface area contributed by atoms with Gasteiger partial charge in [-0.15, -0.1) is 0 Å². The van der Waals surface area contributed by atoms with Crippen LogP contribution in [-0.2, 0) is 0 Å². The summed E-state index contributed by atoms with van der Waals surface area (Å²) in [7, 11) is 2.90. The number of rotatable bonds is 7. The van der Waals surface area contributed by atoms with Crippen LogP contribution in [0.2, 0.25) is 15.1 Å². The van der Waals surface area contributed by atoms with Crippen LogP contribution in [-0.4, -0.2) is 29.1 Å². The van der Waals surface area contributed by atoms with E-state index in [1.54, 1.807) is 24.3 Å². The van der Waals surface area contributed by atoms with Crippen LogP contribution in [0.5, 0.6) is 11.5 Å². The molecule has 0 spiro atoms. The Morgan fingerprint density at radius 2 is 1.57 bits per heavy atom. The molecule has 0 unspecified atom stereocenters. The van der Waals surface area contributed by atoms with E-state index in [-0.39, 0.29) is 26.7 Å². The minimum absolute atomic E-state index is 0.0831. The Kier molecular flexibility index (Phi) is 6.66. The van der Waals surface area contributed by atoms with E-state index in [9.17, 15) is 10.1 Å². The molecule has 0 aliphatic heterocycles. The predicted molar refractivity (Wildman–Crippen MR) is 116 cm³/mol. The zero-order valence-corrected chi connectivity index (χ0v) is 17.8. The van der Waals surface area contributed by atoms with E-state index < -0.39 is 10.6 Å². The fraction of sp³-hybridized carbons (Fsp3) is 0.111. The third kappa shape index (κ3) is 4.43. The Hall–Kier alpha value is -3.01. The SMILES string of the molecule is COc1cc(OC)c(Nc2ncnc(Nc3cccc(Cl)c3Cl)c2[N+](=O)[O-])cc1Cl. The molecule has 0 aliphatic carbocycles. The minimum Gasteiger partial charge on any atom is -0.495 e. The summed E-state index contributed by atoms with van der Waals surface area (Å²) in [5, 5.41) is 18.3. The number of nitrogens with zero attached hydrogens (tertiary/aromatic N) is 3. The highest BCUT2D eigenvalue weighted by Crippen LogP contribution is 2.40. The van der Waals surface area contributed by atoms with Gasteiger partial charge in [0.05, 0.1) is 45.6 Å². The highest BCUT2D eigenvalue weighted by Gasteiger charge is 2.25. The second-order valence-electron chi connectivity index (χ2n) is 5.72. The summed E-state index contributed by atoms with van der Waals surface area (Å²) in [6, 6.07) is 7.90. The number of methoxy groups -OCH3 is 2. The zero-order chi connectivity index (χ0) is 21.8. The molecule has 0 amide bonds. The summed E-state index contributed by atoms with van der Waals surface area (Å²) < 4.78 is 10.5. The van der Waals surface area contributed by atoms with Gasteiger partial charge in [-0.2, -0.15) is 0 Å². The third-order valence-electron chi connectivity index (χ3n) is 3.94. The molecule has 9 nitrogen and oxygen atoms in total. The smallest absolute Gasteiger partial charge is 0.353 e. The van der Waals surface area contributed by atoms with E-state index >= 15 is 0 Å². The molecular formula is C18H14Cl3N5O4. The van der Waals surface area contributed by atoms with Crippen LogP contribution in [0.25, 0.3) is 0 Å². The molecule has 2 N–H and O–H groups in total. The van der Waals surface area contributed by atoms with Gasteiger partial charge in [-0.1, -0.05) is 40.9 Å². The summed E-state index contributed by atoms with van der Waals surface area (Å²) in [5.74, 6) is 0.557. The number of nitro groups is 1. The van der Waals surface area contributed by atoms with Crippen molar-refractivity contribution >= 4 is 63.5 Å². The molecule has 0 saturated carbocycles. The van der Waals surface area contributed by atoms with Gasteiger partial charge in [-0.05, 0) is 18.2 Å². The minimum atomic E-state index is -0.624. The number of aromatic nitrogens is 2. The lowest BCUT2D eigenvalue weighted by atomic mass is 10.2. The van der Waals surface area contributed by atoms with E-state index in [2.05, 4.69) is 20.6 Å². The lowest BCUT2D eigenvalue weighted by molar-refractivity contribution is -0.383. The van der Waals surface area contributed by atoms with Gasteiger partial charge in [0.2, 0.25) is 11.6 Å². The lowest BCUT2D eigenvalue weighted by Crippen LogP contribution is -2.06. The van der Waals surface area contributed by atoms with Crippen LogP contribution in [0.15, 0.2) is 36.7 Å². The summed E-state index contributed by atoms with van der Waals surface area (Å²) in [5.41, 5.74) is 0.279. The van der Waals surface area contributed by atoms with Gasteiger partial charge in [-0.25, -0.2) is 9.97 Å². The van der Waals surface area contributed by atoms with Gasteiger partial charge in [0.25, 0.3) is 0 Å². The van der Waals surface area contributed by atoms with Crippen molar-refractivity contribution < 1.29 is 14.4 Å². The number of ether oxygens (including phenoxy) is 2. The van der Waals surface area contributed by atoms with E-state index in [4.69, 9.17) is 44.3 Å². The number of hydrogen-bond donors (Lipinski definition) is 2. The second-order valence-corrected chi connectivity index (χ2v) is 6.91. The summed E-state index contributed by atoms with van der Waals surface area (Å²) >= 11 is 18.3. The van der Waals surface area contributed by atoms with Crippen molar-refractivity contribution in [1.29, 1.82) is 0 Å². The number of hydrogen-bond acceptors (Lipinski definition) is 8. The van der Waals surface area contributed by atoms with Crippen LogP contribution >= 0.6 is 34.8 Å². The maximum absolute atomic E-state index is 11.8. The van der Waals surface area contributed by atoms with Crippen molar-refractivity contribution in [1.82, 2.24) is 9.97 Å². The molecule has 3 rings (SSSR count). The molecule has 0 aliphatic rings. The van der Waals surface area contributed by atoms with E-state index in [0.717, 1.165) is 6.33 Å². The number of nitrogens with one attached hydrogen (secondary N) is 2. The van der Waals surface area contributed by atoms with Crippen LogP contribution in [0.4, 0.5) is 28.7 Å². The topological polar surface area (TPSA) is 111 Å². The average Bonchev–Trinajstić information content (AvgIpc) is 2.71. The first-order valence-corrected chi connectivity index (χ1v) is 9.38. The van der Waals surface area contributed by atoms with Crippen molar-refractivity contribution in [3.05, 3.63) is 61.8 Å². The fourth-order valence-corrected chi connectivity index (χ4v) is 3.14. The first-order chi connectivity index (χ1) is 14.3. The maximum Gasteiger partial charge on any atom is 0.353 e. The third-order valence-corrected chi connectivity index (χ3v) is 5.05. The normalized spacial score (nSPS) is 10.4. The van der Waals surface area contributed by atoms with Crippen LogP contribution in [0.1, 0.15) is 0 Å². The predicted octanol–water partition coefficient (Wildman–Crippen LogP) is 5.85. The molecule has 12 heteroatoms. The summed E-state index contributed by atoms with van der Waals surface area (Å²) in [6.45, 7) is 0. The van der Waals surface area contributed by atoms with Crippen molar-refractivity contribution in [3.8, 4) is 11.5 Å². The molecule has 30 heavy (non-hydrogen) atoms. The molecule has 2 aromatic carbocycles. The molecule has 0 atom stereocenters. The van der Waals surface area contributed by atoms with Crippen molar-refractivity contribution in [2.45, 2.75) is 0 Å². The molecule has 0 radical (unpaired) electrons. The van der Waals surface area contributed by atoms with Crippen molar-refractivity contribution in [2.75, 3.05) is 24.9 Å². The van der Waals surface area contributed by atoms with Crippen LogP contribution < -0.4 is 20.1 Å². The first-order valence-electron chi connectivity index (χ1n) is 8.24. The molecule has 1 heterocycles.